The number of fused-ring (bicyclic) bond motifs is 1. The molecule has 0 radical (unpaired) electrons. The summed E-state index contributed by atoms with van der Waals surface area (Å²) >= 11 is 9.16. The molecule has 0 spiro atoms. The Bertz CT molecular complexity index is 1270. The minimum Gasteiger partial charge on any atom is -0.292 e. The van der Waals surface area contributed by atoms with Gasteiger partial charge in [0.05, 0.1) is 34.8 Å². The highest BCUT2D eigenvalue weighted by Gasteiger charge is 2.23. The molecule has 1 aromatic carbocycles. The number of amides is 1. The van der Waals surface area contributed by atoms with Crippen molar-refractivity contribution < 1.29 is 4.79 Å². The van der Waals surface area contributed by atoms with Crippen LogP contribution in [0.15, 0.2) is 40.1 Å². The van der Waals surface area contributed by atoms with Crippen molar-refractivity contribution in [1.82, 2.24) is 14.5 Å². The van der Waals surface area contributed by atoms with E-state index in [1.165, 1.54) is 45.4 Å². The maximum Gasteiger partial charge on any atom is 0.271 e. The van der Waals surface area contributed by atoms with Gasteiger partial charge in [-0.1, -0.05) is 17.7 Å². The third-order valence-electron chi connectivity index (χ3n) is 4.44. The zero-order valence-corrected chi connectivity index (χ0v) is 18.4. The first-order valence-corrected chi connectivity index (χ1v) is 10.9. The molecule has 148 valence electrons. The van der Waals surface area contributed by atoms with E-state index in [0.29, 0.717) is 31.8 Å². The number of benzene rings is 1. The predicted molar refractivity (Wildman–Crippen MR) is 119 cm³/mol. The first-order valence-electron chi connectivity index (χ1n) is 8.79. The van der Waals surface area contributed by atoms with Crippen molar-refractivity contribution in [3.63, 3.8) is 0 Å². The second kappa shape index (κ2) is 7.70. The number of aromatic nitrogens is 3. The maximum atomic E-state index is 12.6. The molecule has 0 atom stereocenters. The summed E-state index contributed by atoms with van der Waals surface area (Å²) in [4.78, 5) is 35.5. The Morgan fingerprint density at radius 2 is 2.07 bits per heavy atom. The maximum absolute atomic E-state index is 12.6. The van der Waals surface area contributed by atoms with E-state index in [9.17, 15) is 9.59 Å². The van der Waals surface area contributed by atoms with Crippen LogP contribution in [0.2, 0.25) is 5.02 Å². The molecule has 0 bridgehead atoms. The number of rotatable bonds is 4. The smallest absolute Gasteiger partial charge is 0.271 e. The Balaban J connectivity index is 1.70. The number of hydrogen-bond donors (Lipinski definition) is 0. The Morgan fingerprint density at radius 1 is 1.28 bits per heavy atom. The van der Waals surface area contributed by atoms with Crippen LogP contribution in [0.3, 0.4) is 0 Å². The normalized spacial score (nSPS) is 11.2. The minimum atomic E-state index is -0.182. The molecular weight excluding hydrogens is 428 g/mol. The summed E-state index contributed by atoms with van der Waals surface area (Å²) in [5.41, 5.74) is 3.82. The van der Waals surface area contributed by atoms with Crippen molar-refractivity contribution >= 4 is 61.2 Å². The van der Waals surface area contributed by atoms with Crippen molar-refractivity contribution in [2.75, 3.05) is 4.90 Å². The summed E-state index contributed by atoms with van der Waals surface area (Å²) in [5.74, 6) is -0.182. The first kappa shape index (κ1) is 19.8. The van der Waals surface area contributed by atoms with Crippen molar-refractivity contribution in [3.8, 4) is 0 Å². The molecule has 3 heterocycles. The average Bonchev–Trinajstić information content (AvgIpc) is 3.29. The Hall–Kier alpha value is -2.55. The van der Waals surface area contributed by atoms with Crippen molar-refractivity contribution in [2.45, 2.75) is 27.3 Å². The van der Waals surface area contributed by atoms with Gasteiger partial charge in [0.2, 0.25) is 5.91 Å². The lowest BCUT2D eigenvalue weighted by Gasteiger charge is -2.22. The van der Waals surface area contributed by atoms with Crippen LogP contribution in [-0.2, 0) is 11.3 Å². The molecule has 0 unspecified atom stereocenters. The summed E-state index contributed by atoms with van der Waals surface area (Å²) in [5, 5.41) is 4.70. The largest absolute Gasteiger partial charge is 0.292 e. The number of thiazole rings is 1. The van der Waals surface area contributed by atoms with Gasteiger partial charge in [-0.05, 0) is 42.5 Å². The molecule has 0 fully saturated rings. The summed E-state index contributed by atoms with van der Waals surface area (Å²) in [6.45, 7) is 5.64. The number of carbonyl (C=O) groups excluding carboxylic acids is 1. The van der Waals surface area contributed by atoms with Crippen molar-refractivity contribution in [1.29, 1.82) is 0 Å². The van der Waals surface area contributed by atoms with Gasteiger partial charge in [0.25, 0.3) is 5.56 Å². The zero-order chi connectivity index (χ0) is 20.7. The van der Waals surface area contributed by atoms with Crippen LogP contribution in [0.5, 0.6) is 0 Å². The van der Waals surface area contributed by atoms with Crippen LogP contribution in [0.1, 0.15) is 23.7 Å². The van der Waals surface area contributed by atoms with E-state index in [-0.39, 0.29) is 18.0 Å². The minimum absolute atomic E-state index is 0.0969. The van der Waals surface area contributed by atoms with E-state index in [1.54, 1.807) is 0 Å². The molecule has 6 nitrogen and oxygen atoms in total. The number of carbonyl (C=O) groups is 1. The summed E-state index contributed by atoms with van der Waals surface area (Å²) < 4.78 is 2.15. The van der Waals surface area contributed by atoms with Gasteiger partial charge in [0.1, 0.15) is 4.70 Å². The summed E-state index contributed by atoms with van der Waals surface area (Å²) in [6, 6.07) is 5.63. The molecular formula is C20H17ClN4O2S2. The van der Waals surface area contributed by atoms with E-state index in [2.05, 4.69) is 9.97 Å². The molecule has 0 aliphatic carbocycles. The fourth-order valence-electron chi connectivity index (χ4n) is 3.22. The van der Waals surface area contributed by atoms with E-state index in [4.69, 9.17) is 11.6 Å². The lowest BCUT2D eigenvalue weighted by atomic mass is 10.1. The van der Waals surface area contributed by atoms with Crippen LogP contribution in [-0.4, -0.2) is 20.4 Å². The lowest BCUT2D eigenvalue weighted by Crippen LogP contribution is -2.24. The SMILES string of the molecule is CC(=O)N(c1nc(Cn2cnc3ccsc3c2=O)cs1)c1c(C)cc(C)cc1Cl. The van der Waals surface area contributed by atoms with Gasteiger partial charge in [0.15, 0.2) is 5.13 Å². The zero-order valence-electron chi connectivity index (χ0n) is 16.0. The summed E-state index contributed by atoms with van der Waals surface area (Å²) in [6.07, 6.45) is 1.53. The second-order valence-electron chi connectivity index (χ2n) is 6.70. The molecule has 3 aromatic heterocycles. The standard InChI is InChI=1S/C20H17ClN4O2S2/c1-11-6-12(2)17(15(21)7-11)25(13(3)26)20-23-14(9-29-20)8-24-10-22-16-4-5-28-18(16)19(24)27/h4-7,9-10H,8H2,1-3H3. The lowest BCUT2D eigenvalue weighted by molar-refractivity contribution is -0.115. The molecule has 0 N–H and O–H groups in total. The third kappa shape index (κ3) is 3.71. The molecule has 9 heteroatoms. The van der Waals surface area contributed by atoms with Crippen molar-refractivity contribution in [2.24, 2.45) is 0 Å². The molecule has 4 rings (SSSR count). The van der Waals surface area contributed by atoms with Gasteiger partial charge in [-0.15, -0.1) is 22.7 Å². The van der Waals surface area contributed by atoms with E-state index in [1.807, 2.05) is 42.8 Å². The molecule has 29 heavy (non-hydrogen) atoms. The van der Waals surface area contributed by atoms with Gasteiger partial charge < -0.3 is 0 Å². The Morgan fingerprint density at radius 3 is 2.79 bits per heavy atom. The van der Waals surface area contributed by atoms with Gasteiger partial charge in [0, 0.05) is 12.3 Å². The van der Waals surface area contributed by atoms with E-state index >= 15 is 0 Å². The highest BCUT2D eigenvalue weighted by Crippen LogP contribution is 2.37. The number of anilines is 2. The first-order chi connectivity index (χ1) is 13.8. The fraction of sp³-hybridized carbons (Fsp3) is 0.200. The molecule has 0 saturated heterocycles. The van der Waals surface area contributed by atoms with E-state index < -0.39 is 0 Å². The fourth-order valence-corrected chi connectivity index (χ4v) is 5.28. The summed E-state index contributed by atoms with van der Waals surface area (Å²) in [7, 11) is 0. The number of aryl methyl sites for hydroxylation is 2. The number of thiophene rings is 1. The van der Waals surface area contributed by atoms with E-state index in [0.717, 1.165) is 11.1 Å². The van der Waals surface area contributed by atoms with Gasteiger partial charge in [-0.2, -0.15) is 0 Å². The van der Waals surface area contributed by atoms with Gasteiger partial charge in [-0.3, -0.25) is 19.1 Å². The Kier molecular flexibility index (Phi) is 5.24. The van der Waals surface area contributed by atoms with Gasteiger partial charge in [-0.25, -0.2) is 9.97 Å². The Labute approximate surface area is 180 Å². The van der Waals surface area contributed by atoms with Crippen LogP contribution >= 0.6 is 34.3 Å². The molecule has 4 aromatic rings. The molecule has 1 amide bonds. The van der Waals surface area contributed by atoms with Crippen LogP contribution in [0, 0.1) is 13.8 Å². The van der Waals surface area contributed by atoms with Crippen LogP contribution in [0.4, 0.5) is 10.8 Å². The number of halogens is 1. The number of nitrogens with zero attached hydrogens (tertiary/aromatic N) is 4. The van der Waals surface area contributed by atoms with Crippen LogP contribution < -0.4 is 10.5 Å². The third-order valence-corrected chi connectivity index (χ3v) is 6.49. The van der Waals surface area contributed by atoms with Gasteiger partial charge >= 0.3 is 0 Å². The average molecular weight is 445 g/mol. The molecule has 0 aliphatic heterocycles. The highest BCUT2D eigenvalue weighted by atomic mass is 35.5. The molecule has 0 aliphatic rings. The van der Waals surface area contributed by atoms with Crippen molar-refractivity contribution in [3.05, 3.63) is 67.5 Å². The second-order valence-corrected chi connectivity index (χ2v) is 8.86. The van der Waals surface area contributed by atoms with Crippen LogP contribution in [0.25, 0.3) is 10.2 Å². The quantitative estimate of drug-likeness (QED) is 0.448. The predicted octanol–water partition coefficient (Wildman–Crippen LogP) is 4.92. The number of hydrogen-bond acceptors (Lipinski definition) is 6. The topological polar surface area (TPSA) is 68.1 Å². The monoisotopic (exact) mass is 444 g/mol. The highest BCUT2D eigenvalue weighted by molar-refractivity contribution is 7.17. The molecule has 0 saturated carbocycles.